The van der Waals surface area contributed by atoms with Crippen molar-refractivity contribution in [2.24, 2.45) is 5.73 Å². The molecule has 4 N–H and O–H groups in total. The lowest BCUT2D eigenvalue weighted by Crippen LogP contribution is -2.21. The van der Waals surface area contributed by atoms with Gasteiger partial charge >= 0.3 is 0 Å². The number of aryl methyl sites for hydroxylation is 1. The highest BCUT2D eigenvalue weighted by Gasteiger charge is 2.32. The third-order valence-electron chi connectivity index (χ3n) is 4.51. The summed E-state index contributed by atoms with van der Waals surface area (Å²) in [6, 6.07) is 15.3. The highest BCUT2D eigenvalue weighted by Crippen LogP contribution is 2.44. The molecular formula is C20H15ClN4O. The van der Waals surface area contributed by atoms with Gasteiger partial charge in [-0.15, -0.1) is 0 Å². The summed E-state index contributed by atoms with van der Waals surface area (Å²) >= 11 is 6.51. The van der Waals surface area contributed by atoms with Gasteiger partial charge in [-0.05, 0) is 30.7 Å². The van der Waals surface area contributed by atoms with Gasteiger partial charge in [0.05, 0.1) is 11.4 Å². The minimum absolute atomic E-state index is 0.0515. The van der Waals surface area contributed by atoms with Crippen molar-refractivity contribution in [2.45, 2.75) is 12.8 Å². The fourth-order valence-corrected chi connectivity index (χ4v) is 3.52. The van der Waals surface area contributed by atoms with Gasteiger partial charge in [-0.3, -0.25) is 0 Å². The molecule has 1 aromatic heterocycles. The van der Waals surface area contributed by atoms with Gasteiger partial charge in [0.15, 0.2) is 0 Å². The van der Waals surface area contributed by atoms with Gasteiger partial charge in [-0.1, -0.05) is 29.8 Å². The number of ether oxygens (including phenoxy) is 1. The van der Waals surface area contributed by atoms with Crippen molar-refractivity contribution in [3.05, 3.63) is 75.8 Å². The van der Waals surface area contributed by atoms with E-state index in [1.165, 1.54) is 0 Å². The Labute approximate surface area is 155 Å². The summed E-state index contributed by atoms with van der Waals surface area (Å²) in [5.74, 6) is 0.109. The van der Waals surface area contributed by atoms with Crippen LogP contribution in [-0.4, -0.2) is 4.98 Å². The molecule has 1 atom stereocenters. The Kier molecular flexibility index (Phi) is 3.71. The SMILES string of the molecule is Cc1ccc2cc([C@H]3C(C#N)=C(N)Oc4cc(N)ccc43)c(Cl)nc2c1. The number of halogens is 1. The van der Waals surface area contributed by atoms with E-state index in [4.69, 9.17) is 27.8 Å². The molecule has 0 fully saturated rings. The van der Waals surface area contributed by atoms with Crippen LogP contribution in [0.4, 0.5) is 5.69 Å². The van der Waals surface area contributed by atoms with E-state index in [-0.39, 0.29) is 5.88 Å². The lowest BCUT2D eigenvalue weighted by molar-refractivity contribution is 0.394. The average molecular weight is 363 g/mol. The van der Waals surface area contributed by atoms with Gasteiger partial charge in [0, 0.05) is 28.3 Å². The molecule has 1 aliphatic rings. The predicted molar refractivity (Wildman–Crippen MR) is 102 cm³/mol. The van der Waals surface area contributed by atoms with Crippen LogP contribution in [0.2, 0.25) is 5.15 Å². The molecule has 1 aliphatic heterocycles. The second kappa shape index (κ2) is 5.94. The van der Waals surface area contributed by atoms with Crippen molar-refractivity contribution < 1.29 is 4.74 Å². The number of nitrogens with zero attached hydrogens (tertiary/aromatic N) is 2. The highest BCUT2D eigenvalue weighted by molar-refractivity contribution is 6.30. The third kappa shape index (κ3) is 2.52. The van der Waals surface area contributed by atoms with Crippen LogP contribution in [-0.2, 0) is 0 Å². The molecule has 0 bridgehead atoms. The Morgan fingerprint density at radius 3 is 2.69 bits per heavy atom. The zero-order chi connectivity index (χ0) is 18.4. The molecule has 3 aromatic rings. The molecule has 2 aromatic carbocycles. The van der Waals surface area contributed by atoms with Gasteiger partial charge in [0.1, 0.15) is 22.5 Å². The Hall–Kier alpha value is -3.23. The van der Waals surface area contributed by atoms with Gasteiger partial charge in [0.25, 0.3) is 0 Å². The molecule has 0 radical (unpaired) electrons. The van der Waals surface area contributed by atoms with Crippen molar-refractivity contribution in [2.75, 3.05) is 5.73 Å². The number of nitrogen functional groups attached to an aromatic ring is 1. The number of rotatable bonds is 1. The summed E-state index contributed by atoms with van der Waals surface area (Å²) in [7, 11) is 0. The second-order valence-corrected chi connectivity index (χ2v) is 6.64. The van der Waals surface area contributed by atoms with Crippen molar-refractivity contribution in [1.82, 2.24) is 4.98 Å². The van der Waals surface area contributed by atoms with Crippen LogP contribution < -0.4 is 16.2 Å². The molecule has 0 amide bonds. The molecule has 128 valence electrons. The number of nitriles is 1. The number of hydrogen-bond donors (Lipinski definition) is 2. The minimum atomic E-state index is -0.463. The van der Waals surface area contributed by atoms with Crippen LogP contribution in [0, 0.1) is 18.3 Å². The van der Waals surface area contributed by atoms with Gasteiger partial charge in [-0.25, -0.2) is 4.98 Å². The molecule has 0 unspecified atom stereocenters. The van der Waals surface area contributed by atoms with Crippen molar-refractivity contribution in [3.63, 3.8) is 0 Å². The first kappa shape index (κ1) is 16.2. The van der Waals surface area contributed by atoms with E-state index in [0.29, 0.717) is 27.7 Å². The smallest absolute Gasteiger partial charge is 0.205 e. The number of nitrogens with two attached hydrogens (primary N) is 2. The monoisotopic (exact) mass is 362 g/mol. The summed E-state index contributed by atoms with van der Waals surface area (Å²) in [6.45, 7) is 2.00. The minimum Gasteiger partial charge on any atom is -0.440 e. The maximum atomic E-state index is 9.66. The maximum Gasteiger partial charge on any atom is 0.205 e. The van der Waals surface area contributed by atoms with Crippen LogP contribution in [0.15, 0.2) is 53.9 Å². The largest absolute Gasteiger partial charge is 0.440 e. The summed E-state index contributed by atoms with van der Waals surface area (Å²) in [5, 5.41) is 10.9. The van der Waals surface area contributed by atoms with Crippen LogP contribution in [0.5, 0.6) is 5.75 Å². The Bertz CT molecular complexity index is 1130. The fraction of sp³-hybridized carbons (Fsp3) is 0.100. The number of anilines is 1. The van der Waals surface area contributed by atoms with E-state index in [1.807, 2.05) is 37.3 Å². The average Bonchev–Trinajstić information content (AvgIpc) is 2.60. The molecule has 6 heteroatoms. The predicted octanol–water partition coefficient (Wildman–Crippen LogP) is 4.00. The Balaban J connectivity index is 1.99. The Morgan fingerprint density at radius 1 is 1.12 bits per heavy atom. The Morgan fingerprint density at radius 2 is 1.92 bits per heavy atom. The number of allylic oxidation sites excluding steroid dienone is 1. The summed E-state index contributed by atoms with van der Waals surface area (Å²) < 4.78 is 5.60. The van der Waals surface area contributed by atoms with E-state index in [0.717, 1.165) is 22.0 Å². The summed E-state index contributed by atoms with van der Waals surface area (Å²) in [6.07, 6.45) is 0. The zero-order valence-corrected chi connectivity index (χ0v) is 14.7. The van der Waals surface area contributed by atoms with Crippen molar-refractivity contribution >= 4 is 28.2 Å². The number of benzene rings is 2. The highest BCUT2D eigenvalue weighted by atomic mass is 35.5. The maximum absolute atomic E-state index is 9.66. The van der Waals surface area contributed by atoms with E-state index in [1.54, 1.807) is 12.1 Å². The third-order valence-corrected chi connectivity index (χ3v) is 4.81. The van der Waals surface area contributed by atoms with Crippen LogP contribution in [0.25, 0.3) is 10.9 Å². The van der Waals surface area contributed by atoms with E-state index in [9.17, 15) is 5.26 Å². The first-order valence-corrected chi connectivity index (χ1v) is 8.39. The lowest BCUT2D eigenvalue weighted by Gasteiger charge is -2.27. The molecule has 4 rings (SSSR count). The molecule has 5 nitrogen and oxygen atoms in total. The van der Waals surface area contributed by atoms with Gasteiger partial charge < -0.3 is 16.2 Å². The molecule has 0 spiro atoms. The van der Waals surface area contributed by atoms with Crippen molar-refractivity contribution in [1.29, 1.82) is 5.26 Å². The normalized spacial score (nSPS) is 16.1. The fourth-order valence-electron chi connectivity index (χ4n) is 3.26. The molecular weight excluding hydrogens is 348 g/mol. The molecule has 0 saturated heterocycles. The molecule has 0 aliphatic carbocycles. The number of hydrogen-bond acceptors (Lipinski definition) is 5. The zero-order valence-electron chi connectivity index (χ0n) is 14.0. The first-order chi connectivity index (χ1) is 12.5. The second-order valence-electron chi connectivity index (χ2n) is 6.29. The number of pyridine rings is 1. The van der Waals surface area contributed by atoms with Gasteiger partial charge in [-0.2, -0.15) is 5.26 Å². The summed E-state index contributed by atoms with van der Waals surface area (Å²) in [5.41, 5.74) is 16.1. The molecule has 2 heterocycles. The lowest BCUT2D eigenvalue weighted by atomic mass is 9.83. The van der Waals surface area contributed by atoms with E-state index in [2.05, 4.69) is 11.1 Å². The quantitative estimate of drug-likeness (QED) is 0.503. The summed E-state index contributed by atoms with van der Waals surface area (Å²) in [4.78, 5) is 4.52. The number of fused-ring (bicyclic) bond motifs is 2. The first-order valence-electron chi connectivity index (χ1n) is 8.01. The van der Waals surface area contributed by atoms with Crippen LogP contribution >= 0.6 is 11.6 Å². The van der Waals surface area contributed by atoms with E-state index >= 15 is 0 Å². The van der Waals surface area contributed by atoms with Crippen LogP contribution in [0.1, 0.15) is 22.6 Å². The molecule has 0 saturated carbocycles. The topological polar surface area (TPSA) is 98.0 Å². The standard InChI is InChI=1S/C20H15ClN4O/c1-10-2-3-11-7-14(19(21)25-16(11)6-10)18-13-5-4-12(23)8-17(13)26-20(24)15(18)9-22/h2-8,18H,23-24H2,1H3/t18-/m0/s1. The van der Waals surface area contributed by atoms with Crippen molar-refractivity contribution in [3.8, 4) is 11.8 Å². The van der Waals surface area contributed by atoms with Crippen LogP contribution in [0.3, 0.4) is 0 Å². The molecule has 26 heavy (non-hydrogen) atoms. The number of aromatic nitrogens is 1. The van der Waals surface area contributed by atoms with E-state index < -0.39 is 5.92 Å². The van der Waals surface area contributed by atoms with Gasteiger partial charge in [0.2, 0.25) is 5.88 Å².